The van der Waals surface area contributed by atoms with E-state index in [9.17, 15) is 4.79 Å². The first-order chi connectivity index (χ1) is 9.26. The summed E-state index contributed by atoms with van der Waals surface area (Å²) in [6.45, 7) is 1.45. The summed E-state index contributed by atoms with van der Waals surface area (Å²) < 4.78 is 0. The van der Waals surface area contributed by atoms with Gasteiger partial charge in [-0.2, -0.15) is 0 Å². The third-order valence-electron chi connectivity index (χ3n) is 3.55. The maximum Gasteiger partial charge on any atom is 0.223 e. The van der Waals surface area contributed by atoms with Gasteiger partial charge in [-0.3, -0.25) is 9.78 Å². The number of aromatic nitrogens is 1. The monoisotopic (exact) mass is 318 g/mol. The molecule has 1 aliphatic heterocycles. The zero-order chi connectivity index (χ0) is 13.2. The molecule has 0 spiro atoms. The second kappa shape index (κ2) is 5.29. The Bertz CT molecular complexity index is 614. The van der Waals surface area contributed by atoms with E-state index in [1.807, 2.05) is 29.3 Å². The molecule has 0 aliphatic carbocycles. The average molecular weight is 319 g/mol. The molecule has 3 nitrogen and oxygen atoms in total. The van der Waals surface area contributed by atoms with Crippen LogP contribution < -0.4 is 0 Å². The fourth-order valence-corrected chi connectivity index (χ4v) is 2.95. The van der Waals surface area contributed by atoms with Crippen LogP contribution in [0.5, 0.6) is 0 Å². The van der Waals surface area contributed by atoms with Crippen molar-refractivity contribution in [2.24, 2.45) is 5.92 Å². The summed E-state index contributed by atoms with van der Waals surface area (Å²) in [6, 6.07) is 10.2. The maximum atomic E-state index is 11.9. The van der Waals surface area contributed by atoms with Gasteiger partial charge >= 0.3 is 0 Å². The molecule has 2 heterocycles. The highest BCUT2D eigenvalue weighted by atomic mass is 79.9. The fraction of sp³-hybridized carbons (Fsp3) is 0.333. The predicted octanol–water partition coefficient (Wildman–Crippen LogP) is 2.98. The lowest BCUT2D eigenvalue weighted by atomic mass is 10.1. The first-order valence-electron chi connectivity index (χ1n) is 6.43. The number of amides is 1. The van der Waals surface area contributed by atoms with Crippen LogP contribution in [0.1, 0.15) is 12.1 Å². The quantitative estimate of drug-likeness (QED) is 0.815. The van der Waals surface area contributed by atoms with E-state index in [0.29, 0.717) is 18.9 Å². The molecule has 1 aromatic heterocycles. The summed E-state index contributed by atoms with van der Waals surface area (Å²) in [5, 5.41) is 3.20. The Balaban J connectivity index is 1.80. The van der Waals surface area contributed by atoms with Gasteiger partial charge in [-0.25, -0.2) is 0 Å². The van der Waals surface area contributed by atoms with Crippen molar-refractivity contribution in [3.63, 3.8) is 0 Å². The zero-order valence-electron chi connectivity index (χ0n) is 10.6. The van der Waals surface area contributed by atoms with E-state index >= 15 is 0 Å². The van der Waals surface area contributed by atoms with Crippen LogP contribution in [-0.2, 0) is 11.3 Å². The predicted molar refractivity (Wildman–Crippen MR) is 79.1 cm³/mol. The SMILES string of the molecule is O=C1CC(CBr)CN1Cc1cc2ccccc2cn1. The molecule has 4 heteroatoms. The fourth-order valence-electron chi connectivity index (χ4n) is 2.52. The van der Waals surface area contributed by atoms with Gasteiger partial charge in [-0.15, -0.1) is 0 Å². The van der Waals surface area contributed by atoms with E-state index in [1.54, 1.807) is 0 Å². The topological polar surface area (TPSA) is 33.2 Å². The molecule has 1 aliphatic rings. The van der Waals surface area contributed by atoms with Crippen LogP contribution in [0.15, 0.2) is 36.5 Å². The van der Waals surface area contributed by atoms with Crippen LogP contribution in [0.4, 0.5) is 0 Å². The van der Waals surface area contributed by atoms with Gasteiger partial charge in [0.2, 0.25) is 5.91 Å². The van der Waals surface area contributed by atoms with Gasteiger partial charge in [-0.05, 0) is 17.4 Å². The molecule has 1 fully saturated rings. The Morgan fingerprint density at radius 2 is 2.11 bits per heavy atom. The molecule has 1 unspecified atom stereocenters. The number of benzene rings is 1. The molecule has 0 bridgehead atoms. The Kier molecular flexibility index (Phi) is 3.51. The standard InChI is InChI=1S/C15H15BrN2O/c16-7-11-5-15(19)18(9-11)10-14-6-12-3-1-2-4-13(12)8-17-14/h1-4,6,8,11H,5,7,9-10H2. The third-order valence-corrected chi connectivity index (χ3v) is 4.47. The van der Waals surface area contributed by atoms with E-state index in [4.69, 9.17) is 0 Å². The van der Waals surface area contributed by atoms with Crippen LogP contribution in [0, 0.1) is 5.92 Å². The lowest BCUT2D eigenvalue weighted by Gasteiger charge is -2.16. The van der Waals surface area contributed by atoms with E-state index in [-0.39, 0.29) is 5.91 Å². The number of hydrogen-bond donors (Lipinski definition) is 0. The first kappa shape index (κ1) is 12.6. The van der Waals surface area contributed by atoms with Crippen LogP contribution in [-0.4, -0.2) is 27.7 Å². The van der Waals surface area contributed by atoms with Crippen molar-refractivity contribution in [3.05, 3.63) is 42.2 Å². The third kappa shape index (κ3) is 2.63. The molecule has 1 aromatic carbocycles. The van der Waals surface area contributed by atoms with Crippen LogP contribution in [0.2, 0.25) is 0 Å². The molecule has 0 saturated carbocycles. The molecule has 0 N–H and O–H groups in total. The molecule has 19 heavy (non-hydrogen) atoms. The summed E-state index contributed by atoms with van der Waals surface area (Å²) >= 11 is 3.45. The Morgan fingerprint density at radius 1 is 1.32 bits per heavy atom. The highest BCUT2D eigenvalue weighted by Gasteiger charge is 2.28. The number of fused-ring (bicyclic) bond motifs is 1. The van der Waals surface area contributed by atoms with Crippen LogP contribution >= 0.6 is 15.9 Å². The number of rotatable bonds is 3. The number of hydrogen-bond acceptors (Lipinski definition) is 2. The molecule has 2 aromatic rings. The van der Waals surface area contributed by atoms with E-state index in [2.05, 4.69) is 33.0 Å². The van der Waals surface area contributed by atoms with E-state index < -0.39 is 0 Å². The summed E-state index contributed by atoms with van der Waals surface area (Å²) in [7, 11) is 0. The molecular weight excluding hydrogens is 304 g/mol. The van der Waals surface area contributed by atoms with Crippen molar-refractivity contribution >= 4 is 32.6 Å². The van der Waals surface area contributed by atoms with Crippen LogP contribution in [0.3, 0.4) is 0 Å². The smallest absolute Gasteiger partial charge is 0.223 e. The normalized spacial score (nSPS) is 19.3. The highest BCUT2D eigenvalue weighted by Crippen LogP contribution is 2.22. The molecule has 1 saturated heterocycles. The molecule has 0 radical (unpaired) electrons. The lowest BCUT2D eigenvalue weighted by molar-refractivity contribution is -0.128. The Morgan fingerprint density at radius 3 is 2.84 bits per heavy atom. The number of halogens is 1. The largest absolute Gasteiger partial charge is 0.336 e. The lowest BCUT2D eigenvalue weighted by Crippen LogP contribution is -2.25. The summed E-state index contributed by atoms with van der Waals surface area (Å²) in [5.41, 5.74) is 0.960. The first-order valence-corrected chi connectivity index (χ1v) is 7.56. The van der Waals surface area contributed by atoms with Crippen molar-refractivity contribution in [1.29, 1.82) is 0 Å². The summed E-state index contributed by atoms with van der Waals surface area (Å²) in [5.74, 6) is 0.673. The summed E-state index contributed by atoms with van der Waals surface area (Å²) in [4.78, 5) is 18.2. The number of likely N-dealkylation sites (tertiary alicyclic amines) is 1. The van der Waals surface area contributed by atoms with Crippen LogP contribution in [0.25, 0.3) is 10.8 Å². The minimum absolute atomic E-state index is 0.236. The van der Waals surface area contributed by atoms with E-state index in [1.165, 1.54) is 5.39 Å². The van der Waals surface area contributed by atoms with E-state index in [0.717, 1.165) is 23.0 Å². The van der Waals surface area contributed by atoms with Gasteiger partial charge in [0.25, 0.3) is 0 Å². The van der Waals surface area contributed by atoms with Crippen molar-refractivity contribution in [1.82, 2.24) is 9.88 Å². The van der Waals surface area contributed by atoms with Crippen molar-refractivity contribution in [2.45, 2.75) is 13.0 Å². The molecule has 3 rings (SSSR count). The highest BCUT2D eigenvalue weighted by molar-refractivity contribution is 9.09. The number of nitrogens with zero attached hydrogens (tertiary/aromatic N) is 2. The molecule has 1 amide bonds. The number of pyridine rings is 1. The second-order valence-electron chi connectivity index (χ2n) is 5.02. The minimum Gasteiger partial charge on any atom is -0.336 e. The Hall–Kier alpha value is -1.42. The average Bonchev–Trinajstić information content (AvgIpc) is 2.79. The second-order valence-corrected chi connectivity index (χ2v) is 5.67. The summed E-state index contributed by atoms with van der Waals surface area (Å²) in [6.07, 6.45) is 2.53. The number of alkyl halides is 1. The van der Waals surface area contributed by atoms with Gasteiger partial charge in [0.05, 0.1) is 12.2 Å². The van der Waals surface area contributed by atoms with Crippen molar-refractivity contribution < 1.29 is 4.79 Å². The minimum atomic E-state index is 0.236. The number of carbonyl (C=O) groups excluding carboxylic acids is 1. The van der Waals surface area contributed by atoms with Crippen molar-refractivity contribution in [2.75, 3.05) is 11.9 Å². The van der Waals surface area contributed by atoms with Gasteiger partial charge in [0.1, 0.15) is 0 Å². The van der Waals surface area contributed by atoms with Crippen molar-refractivity contribution in [3.8, 4) is 0 Å². The molecule has 98 valence electrons. The maximum absolute atomic E-state index is 11.9. The van der Waals surface area contributed by atoms with Gasteiger partial charge < -0.3 is 4.90 Å². The zero-order valence-corrected chi connectivity index (χ0v) is 12.1. The van der Waals surface area contributed by atoms with Gasteiger partial charge in [0, 0.05) is 29.9 Å². The van der Waals surface area contributed by atoms with Gasteiger partial charge in [0.15, 0.2) is 0 Å². The number of carbonyl (C=O) groups is 1. The molecular formula is C15H15BrN2O. The Labute approximate surface area is 120 Å². The molecule has 1 atom stereocenters. The van der Waals surface area contributed by atoms with Gasteiger partial charge in [-0.1, -0.05) is 40.2 Å².